The molecule has 0 aliphatic carbocycles. The maximum Gasteiger partial charge on any atom is 0.262 e. The van der Waals surface area contributed by atoms with Gasteiger partial charge in [-0.25, -0.2) is 4.98 Å². The number of piperidine rings is 3. The minimum absolute atomic E-state index is 0.0977. The molecule has 3 N–H and O–H groups in total. The van der Waals surface area contributed by atoms with Crippen LogP contribution in [0.1, 0.15) is 71.7 Å². The van der Waals surface area contributed by atoms with E-state index in [1.165, 1.54) is 24.1 Å². The normalized spacial score (nSPS) is 19.8. The molecule has 69 heavy (non-hydrogen) atoms. The number of likely N-dealkylation sites (tertiary alicyclic amines) is 1. The van der Waals surface area contributed by atoms with E-state index in [0.717, 1.165) is 87.3 Å². The molecule has 19 heteroatoms. The molecule has 0 spiro atoms. The van der Waals surface area contributed by atoms with Crippen molar-refractivity contribution in [3.05, 3.63) is 82.2 Å². The van der Waals surface area contributed by atoms with E-state index in [-0.39, 0.29) is 18.7 Å². The average Bonchev–Trinajstić information content (AvgIpc) is 3.58. The van der Waals surface area contributed by atoms with E-state index >= 15 is 0 Å². The molecule has 360 valence electrons. The Morgan fingerprint density at radius 3 is 2.26 bits per heavy atom. The highest BCUT2D eigenvalue weighted by molar-refractivity contribution is 9.10. The van der Waals surface area contributed by atoms with Gasteiger partial charge in [0.15, 0.2) is 0 Å². The SMILES string of the molecule is CCc1cc(Nc2ncc(Br)c(Nc3ccc4nccnc4c3P(C)(C)=O)n2)c(OC)cc1N1CCC(C2CCN(CC3CN(c4ccc5c(c4)C(=O)N(C4CCC(=O)NC4=O)C5=O)C3)CC2)CC1. The van der Waals surface area contributed by atoms with Crippen LogP contribution in [0.5, 0.6) is 5.75 Å². The first-order valence-electron chi connectivity index (χ1n) is 23.9. The number of nitrogens with one attached hydrogen (secondary N) is 3. The van der Waals surface area contributed by atoms with Gasteiger partial charge in [-0.1, -0.05) is 6.92 Å². The molecule has 3 aromatic carbocycles. The van der Waals surface area contributed by atoms with Crippen molar-refractivity contribution in [2.24, 2.45) is 17.8 Å². The molecule has 4 amide bonds. The first kappa shape index (κ1) is 46.7. The predicted molar refractivity (Wildman–Crippen MR) is 270 cm³/mol. The molecule has 1 unspecified atom stereocenters. The van der Waals surface area contributed by atoms with Crippen molar-refractivity contribution in [3.63, 3.8) is 0 Å². The first-order chi connectivity index (χ1) is 33.3. The average molecular weight is 1020 g/mol. The smallest absolute Gasteiger partial charge is 0.262 e. The molecule has 4 fully saturated rings. The van der Waals surface area contributed by atoms with Crippen molar-refractivity contribution in [1.82, 2.24) is 35.1 Å². The van der Waals surface area contributed by atoms with Crippen LogP contribution in [0.15, 0.2) is 65.5 Å². The number of ether oxygens (including phenoxy) is 1. The van der Waals surface area contributed by atoms with Gasteiger partial charge in [-0.3, -0.25) is 39.4 Å². The number of nitrogens with zero attached hydrogens (tertiary/aromatic N) is 8. The quantitative estimate of drug-likeness (QED) is 0.0809. The summed E-state index contributed by atoms with van der Waals surface area (Å²) in [5.41, 5.74) is 6.64. The minimum Gasteiger partial charge on any atom is -0.494 e. The molecule has 5 aliphatic heterocycles. The standard InChI is InChI=1S/C50H57BrN11O6P/c1-5-30-22-39(56-50-54-25-36(51)46(58-50)55-38-9-8-37-44(53-17-16-52-37)45(38)69(3,4)67)42(68-2)24-41(30)60-20-14-32(15-21-60)31-12-18-59(19-13-31)26-29-27-61(28-29)33-6-7-34-35(23-33)49(66)62(48(34)65)40-10-11-43(63)57-47(40)64/h6-9,16-17,22-25,29,31-32,40H,5,10-15,18-21,26-28H2,1-4H3,(H,57,63,64)(H2,54,55,56,58). The van der Waals surface area contributed by atoms with E-state index in [0.29, 0.717) is 67.0 Å². The van der Waals surface area contributed by atoms with Crippen molar-refractivity contribution in [2.75, 3.05) is 86.7 Å². The van der Waals surface area contributed by atoms with Gasteiger partial charge >= 0.3 is 0 Å². The van der Waals surface area contributed by atoms with Gasteiger partial charge in [-0.15, -0.1) is 0 Å². The van der Waals surface area contributed by atoms with Crippen molar-refractivity contribution >= 4 is 97.6 Å². The zero-order chi connectivity index (χ0) is 48.1. The highest BCUT2D eigenvalue weighted by Crippen LogP contribution is 2.43. The van der Waals surface area contributed by atoms with Crippen molar-refractivity contribution < 1.29 is 28.5 Å². The maximum absolute atomic E-state index is 13.6. The van der Waals surface area contributed by atoms with Crippen LogP contribution in [0, 0.1) is 17.8 Å². The van der Waals surface area contributed by atoms with Crippen LogP contribution >= 0.6 is 23.1 Å². The number of benzene rings is 3. The Balaban J connectivity index is 0.714. The van der Waals surface area contributed by atoms with Crippen LogP contribution < -0.4 is 35.8 Å². The molecule has 2 aromatic heterocycles. The number of carbonyl (C=O) groups excluding carboxylic acids is 4. The number of rotatable bonds is 13. The minimum atomic E-state index is -2.78. The van der Waals surface area contributed by atoms with Gasteiger partial charge in [0.1, 0.15) is 30.3 Å². The summed E-state index contributed by atoms with van der Waals surface area (Å²) in [5.74, 6) is 1.61. The van der Waals surface area contributed by atoms with Crippen molar-refractivity contribution in [3.8, 4) is 5.75 Å². The monoisotopic (exact) mass is 1020 g/mol. The Kier molecular flexibility index (Phi) is 12.9. The lowest BCUT2D eigenvalue weighted by atomic mass is 9.78. The first-order valence-corrected chi connectivity index (χ1v) is 27.3. The Morgan fingerprint density at radius 2 is 1.55 bits per heavy atom. The van der Waals surface area contributed by atoms with Gasteiger partial charge in [0.05, 0.1) is 44.9 Å². The number of fused-ring (bicyclic) bond motifs is 2. The summed E-state index contributed by atoms with van der Waals surface area (Å²) in [7, 11) is -1.09. The number of imide groups is 2. The van der Waals surface area contributed by atoms with Crippen molar-refractivity contribution in [2.45, 2.75) is 57.9 Å². The second-order valence-corrected chi connectivity index (χ2v) is 23.3. The fraction of sp³-hybridized carbons (Fsp3) is 0.440. The van der Waals surface area contributed by atoms with E-state index in [1.807, 2.05) is 18.2 Å². The molecule has 1 atom stereocenters. The lowest BCUT2D eigenvalue weighted by Gasteiger charge is -2.45. The molecule has 0 saturated carbocycles. The highest BCUT2D eigenvalue weighted by Gasteiger charge is 2.45. The topological polar surface area (TPSA) is 195 Å². The number of anilines is 6. The number of aromatic nitrogens is 4. The number of hydrogen-bond donors (Lipinski definition) is 3. The molecule has 10 rings (SSSR count). The number of carbonyl (C=O) groups is 4. The molecule has 0 bridgehead atoms. The number of amides is 4. The number of methoxy groups -OCH3 is 1. The van der Waals surface area contributed by atoms with Gasteiger partial charge in [-0.05, 0) is 135 Å². The van der Waals surface area contributed by atoms with Gasteiger partial charge < -0.3 is 34.6 Å². The van der Waals surface area contributed by atoms with E-state index in [1.54, 1.807) is 51.2 Å². The number of hydrogen-bond acceptors (Lipinski definition) is 15. The van der Waals surface area contributed by atoms with Crippen LogP contribution in [0.4, 0.5) is 34.5 Å². The summed E-state index contributed by atoms with van der Waals surface area (Å²) in [6.07, 6.45) is 10.8. The van der Waals surface area contributed by atoms with Crippen LogP contribution in [0.2, 0.25) is 0 Å². The lowest BCUT2D eigenvalue weighted by molar-refractivity contribution is -0.136. The zero-order valence-electron chi connectivity index (χ0n) is 39.3. The summed E-state index contributed by atoms with van der Waals surface area (Å²) in [5, 5.41) is 9.67. The predicted octanol–water partition coefficient (Wildman–Crippen LogP) is 6.95. The summed E-state index contributed by atoms with van der Waals surface area (Å²) in [4.78, 5) is 77.4. The molecule has 17 nitrogen and oxygen atoms in total. The third-order valence-electron chi connectivity index (χ3n) is 14.6. The van der Waals surface area contributed by atoms with Gasteiger partial charge in [0.2, 0.25) is 17.8 Å². The molecular formula is C50H57BrN11O6P. The summed E-state index contributed by atoms with van der Waals surface area (Å²) < 4.78 is 20.2. The maximum atomic E-state index is 13.6. The van der Waals surface area contributed by atoms with E-state index in [2.05, 4.69) is 80.6 Å². The lowest BCUT2D eigenvalue weighted by Crippen LogP contribution is -2.54. The second kappa shape index (κ2) is 19.1. The third-order valence-corrected chi connectivity index (χ3v) is 16.7. The third kappa shape index (κ3) is 9.30. The van der Waals surface area contributed by atoms with Crippen LogP contribution in [-0.4, -0.2) is 126 Å². The summed E-state index contributed by atoms with van der Waals surface area (Å²) >= 11 is 3.60. The highest BCUT2D eigenvalue weighted by atomic mass is 79.9. The molecular weight excluding hydrogens is 961 g/mol. The molecule has 5 aromatic rings. The Bertz CT molecular complexity index is 2910. The van der Waals surface area contributed by atoms with Gasteiger partial charge in [0, 0.05) is 81.1 Å². The number of aryl methyl sites for hydroxylation is 1. The Labute approximate surface area is 409 Å². The van der Waals surface area contributed by atoms with E-state index < -0.39 is 30.9 Å². The fourth-order valence-corrected chi connectivity index (χ4v) is 12.7. The second-order valence-electron chi connectivity index (χ2n) is 19.3. The van der Waals surface area contributed by atoms with E-state index in [9.17, 15) is 23.7 Å². The van der Waals surface area contributed by atoms with Crippen LogP contribution in [0.25, 0.3) is 11.0 Å². The molecule has 0 radical (unpaired) electrons. The Morgan fingerprint density at radius 1 is 0.826 bits per heavy atom. The van der Waals surface area contributed by atoms with Crippen LogP contribution in [-0.2, 0) is 20.6 Å². The molecule has 7 heterocycles. The molecule has 5 aliphatic rings. The summed E-state index contributed by atoms with van der Waals surface area (Å²) in [6.45, 7) is 12.7. The van der Waals surface area contributed by atoms with Crippen LogP contribution in [0.3, 0.4) is 0 Å². The zero-order valence-corrected chi connectivity index (χ0v) is 41.8. The van der Waals surface area contributed by atoms with Gasteiger partial charge in [0.25, 0.3) is 11.8 Å². The molecule has 4 saturated heterocycles. The Hall–Kier alpha value is -5.97. The number of halogens is 1. The van der Waals surface area contributed by atoms with Crippen molar-refractivity contribution in [1.29, 1.82) is 0 Å². The van der Waals surface area contributed by atoms with Gasteiger partial charge in [-0.2, -0.15) is 4.98 Å². The fourth-order valence-electron chi connectivity index (χ4n) is 11.0. The largest absolute Gasteiger partial charge is 0.494 e. The van der Waals surface area contributed by atoms with E-state index in [4.69, 9.17) is 9.72 Å². The summed E-state index contributed by atoms with van der Waals surface area (Å²) in [6, 6.07) is 12.4.